The summed E-state index contributed by atoms with van der Waals surface area (Å²) in [6, 6.07) is 16.6. The first-order valence-corrected chi connectivity index (χ1v) is 11.0. The average molecular weight is 418 g/mol. The van der Waals surface area contributed by atoms with E-state index in [1.807, 2.05) is 18.2 Å². The molecule has 0 saturated heterocycles. The van der Waals surface area contributed by atoms with Crippen LogP contribution in [0, 0.1) is 0 Å². The van der Waals surface area contributed by atoms with Gasteiger partial charge in [-0.1, -0.05) is 101 Å². The van der Waals surface area contributed by atoms with Gasteiger partial charge in [0.1, 0.15) is 0 Å². The number of hydrogen-bond acceptors (Lipinski definition) is 4. The fraction of sp³-hybridized carbons (Fsp3) is 0.320. The molecule has 0 saturated carbocycles. The predicted molar refractivity (Wildman–Crippen MR) is 125 cm³/mol. The van der Waals surface area contributed by atoms with Crippen LogP contribution in [-0.4, -0.2) is 14.6 Å². The summed E-state index contributed by atoms with van der Waals surface area (Å²) in [5.41, 5.74) is 4.53. The maximum absolute atomic E-state index is 12.8. The van der Waals surface area contributed by atoms with Crippen LogP contribution in [0.4, 0.5) is 0 Å². The lowest BCUT2D eigenvalue weighted by Crippen LogP contribution is -2.23. The summed E-state index contributed by atoms with van der Waals surface area (Å²) in [6.45, 7) is 13.1. The van der Waals surface area contributed by atoms with Crippen LogP contribution in [-0.2, 0) is 10.8 Å². The number of benzene rings is 2. The molecule has 0 atom stereocenters. The number of thiazole rings is 1. The lowest BCUT2D eigenvalue weighted by atomic mass is 9.87. The van der Waals surface area contributed by atoms with E-state index in [0.717, 1.165) is 11.1 Å². The summed E-state index contributed by atoms with van der Waals surface area (Å²) in [7, 11) is 0. The van der Waals surface area contributed by atoms with Crippen molar-refractivity contribution in [2.45, 2.75) is 52.4 Å². The standard InChI is InChI=1S/C25H27N3OS/c1-24(2,3)18-11-7-16(8-12-18)15-20-22(29)28-23(30-20)26-21(27-28)17-9-13-19(14-10-17)25(4,5)6/h7-15H,1-6H3/b20-15-. The molecule has 0 bridgehead atoms. The zero-order valence-corrected chi connectivity index (χ0v) is 19.2. The zero-order chi connectivity index (χ0) is 21.7. The van der Waals surface area contributed by atoms with E-state index in [4.69, 9.17) is 0 Å². The van der Waals surface area contributed by atoms with Gasteiger partial charge in [0, 0.05) is 5.56 Å². The minimum atomic E-state index is -0.125. The second-order valence-electron chi connectivity index (χ2n) is 9.74. The van der Waals surface area contributed by atoms with Crippen molar-refractivity contribution in [1.29, 1.82) is 0 Å². The van der Waals surface area contributed by atoms with Crippen LogP contribution >= 0.6 is 11.3 Å². The highest BCUT2D eigenvalue weighted by atomic mass is 32.1. The molecule has 0 aliphatic carbocycles. The Kier molecular flexibility index (Phi) is 4.89. The number of hydrogen-bond donors (Lipinski definition) is 0. The molecule has 5 heteroatoms. The Morgan fingerprint density at radius 2 is 1.37 bits per heavy atom. The van der Waals surface area contributed by atoms with Crippen molar-refractivity contribution in [2.75, 3.05) is 0 Å². The fourth-order valence-corrected chi connectivity index (χ4v) is 4.21. The van der Waals surface area contributed by atoms with Gasteiger partial charge in [0.05, 0.1) is 4.53 Å². The molecule has 154 valence electrons. The van der Waals surface area contributed by atoms with Gasteiger partial charge in [0.15, 0.2) is 5.82 Å². The van der Waals surface area contributed by atoms with Crippen molar-refractivity contribution < 1.29 is 0 Å². The van der Waals surface area contributed by atoms with Gasteiger partial charge < -0.3 is 0 Å². The van der Waals surface area contributed by atoms with E-state index in [0.29, 0.717) is 15.3 Å². The first kappa shape index (κ1) is 20.5. The minimum Gasteiger partial charge on any atom is -0.266 e. The Hall–Kier alpha value is -2.79. The predicted octanol–water partition coefficient (Wildman–Crippen LogP) is 4.96. The van der Waals surface area contributed by atoms with Crippen molar-refractivity contribution in [3.05, 3.63) is 80.1 Å². The Morgan fingerprint density at radius 1 is 0.833 bits per heavy atom. The molecular weight excluding hydrogens is 390 g/mol. The maximum atomic E-state index is 12.8. The SMILES string of the molecule is CC(C)(C)c1ccc(/C=c2\sc3nc(-c4ccc(C(C)(C)C)cc4)nn3c2=O)cc1. The monoisotopic (exact) mass is 417 g/mol. The third-order valence-corrected chi connectivity index (χ3v) is 6.22. The van der Waals surface area contributed by atoms with Gasteiger partial charge in [0.2, 0.25) is 4.96 Å². The van der Waals surface area contributed by atoms with E-state index in [9.17, 15) is 4.79 Å². The van der Waals surface area contributed by atoms with Gasteiger partial charge in [-0.2, -0.15) is 9.50 Å². The molecule has 0 aliphatic heterocycles. The highest BCUT2D eigenvalue weighted by molar-refractivity contribution is 7.15. The normalized spacial score (nSPS) is 13.3. The van der Waals surface area contributed by atoms with Crippen molar-refractivity contribution >= 4 is 22.4 Å². The highest BCUT2D eigenvalue weighted by Gasteiger charge is 2.16. The fourth-order valence-electron chi connectivity index (χ4n) is 3.31. The maximum Gasteiger partial charge on any atom is 0.291 e. The molecule has 0 unspecified atom stereocenters. The summed E-state index contributed by atoms with van der Waals surface area (Å²) >= 11 is 1.37. The molecule has 0 aliphatic rings. The quantitative estimate of drug-likeness (QED) is 0.463. The number of aromatic nitrogens is 3. The Balaban J connectivity index is 1.67. The van der Waals surface area contributed by atoms with Crippen molar-refractivity contribution in [3.8, 4) is 11.4 Å². The van der Waals surface area contributed by atoms with Crippen LogP contribution in [0.2, 0.25) is 0 Å². The summed E-state index contributed by atoms with van der Waals surface area (Å²) < 4.78 is 2.05. The van der Waals surface area contributed by atoms with E-state index < -0.39 is 0 Å². The van der Waals surface area contributed by atoms with Crippen LogP contribution in [0.5, 0.6) is 0 Å². The van der Waals surface area contributed by atoms with Crippen LogP contribution in [0.15, 0.2) is 53.3 Å². The van der Waals surface area contributed by atoms with Crippen molar-refractivity contribution in [2.24, 2.45) is 0 Å². The molecule has 2 aromatic heterocycles. The molecule has 0 radical (unpaired) electrons. The molecular formula is C25H27N3OS. The summed E-state index contributed by atoms with van der Waals surface area (Å²) in [6.07, 6.45) is 1.91. The Morgan fingerprint density at radius 3 is 1.87 bits per heavy atom. The van der Waals surface area contributed by atoms with Gasteiger partial charge >= 0.3 is 0 Å². The molecule has 30 heavy (non-hydrogen) atoms. The molecule has 0 fully saturated rings. The van der Waals surface area contributed by atoms with E-state index in [2.05, 4.69) is 88.0 Å². The smallest absolute Gasteiger partial charge is 0.266 e. The molecule has 2 heterocycles. The lowest BCUT2D eigenvalue weighted by Gasteiger charge is -2.18. The van der Waals surface area contributed by atoms with Gasteiger partial charge in [0.25, 0.3) is 5.56 Å². The van der Waals surface area contributed by atoms with E-state index in [1.54, 1.807) is 0 Å². The highest BCUT2D eigenvalue weighted by Crippen LogP contribution is 2.25. The average Bonchev–Trinajstić information content (AvgIpc) is 3.21. The van der Waals surface area contributed by atoms with Gasteiger partial charge in [-0.3, -0.25) is 4.79 Å². The van der Waals surface area contributed by atoms with Crippen LogP contribution in [0.3, 0.4) is 0 Å². The second-order valence-corrected chi connectivity index (χ2v) is 10.8. The zero-order valence-electron chi connectivity index (χ0n) is 18.4. The molecule has 4 rings (SSSR count). The topological polar surface area (TPSA) is 47.3 Å². The second kappa shape index (κ2) is 7.17. The van der Waals surface area contributed by atoms with Gasteiger partial charge in [-0.05, 0) is 33.6 Å². The van der Waals surface area contributed by atoms with Crippen molar-refractivity contribution in [3.63, 3.8) is 0 Å². The first-order chi connectivity index (χ1) is 14.0. The summed E-state index contributed by atoms with van der Waals surface area (Å²) in [5.74, 6) is 0.583. The van der Waals surface area contributed by atoms with E-state index >= 15 is 0 Å². The lowest BCUT2D eigenvalue weighted by molar-refractivity contribution is 0.590. The van der Waals surface area contributed by atoms with Gasteiger partial charge in [-0.15, -0.1) is 5.10 Å². The Bertz CT molecular complexity index is 1300. The molecule has 0 amide bonds. The number of nitrogens with zero attached hydrogens (tertiary/aromatic N) is 3. The first-order valence-electron chi connectivity index (χ1n) is 10.2. The van der Waals surface area contributed by atoms with Crippen LogP contribution in [0.25, 0.3) is 22.4 Å². The molecule has 2 aromatic carbocycles. The molecule has 0 N–H and O–H groups in total. The largest absolute Gasteiger partial charge is 0.291 e. The van der Waals surface area contributed by atoms with Crippen LogP contribution in [0.1, 0.15) is 58.2 Å². The van der Waals surface area contributed by atoms with Gasteiger partial charge in [-0.25, -0.2) is 0 Å². The number of rotatable bonds is 2. The molecule has 4 nitrogen and oxygen atoms in total. The van der Waals surface area contributed by atoms with Crippen LogP contribution < -0.4 is 10.1 Å². The van der Waals surface area contributed by atoms with Crippen molar-refractivity contribution in [1.82, 2.24) is 14.6 Å². The van der Waals surface area contributed by atoms with E-state index in [-0.39, 0.29) is 16.4 Å². The Labute approximate surface area is 180 Å². The molecule has 0 spiro atoms. The third-order valence-electron chi connectivity index (χ3n) is 5.27. The van der Waals surface area contributed by atoms with E-state index in [1.165, 1.54) is 27.0 Å². The summed E-state index contributed by atoms with van der Waals surface area (Å²) in [5, 5.41) is 4.47. The number of fused-ring (bicyclic) bond motifs is 1. The molecule has 4 aromatic rings. The third kappa shape index (κ3) is 3.94. The summed E-state index contributed by atoms with van der Waals surface area (Å²) in [4.78, 5) is 18.0. The minimum absolute atomic E-state index is 0.0957.